The van der Waals surface area contributed by atoms with Crippen molar-refractivity contribution in [1.29, 1.82) is 0 Å². The zero-order valence-electron chi connectivity index (χ0n) is 18.8. The van der Waals surface area contributed by atoms with Gasteiger partial charge in [0.05, 0.1) is 27.4 Å². The molecule has 1 aliphatic rings. The second-order valence-electron chi connectivity index (χ2n) is 7.92. The fourth-order valence-corrected chi connectivity index (χ4v) is 4.42. The summed E-state index contributed by atoms with van der Waals surface area (Å²) in [6, 6.07) is 21.7. The number of amides is 1. The summed E-state index contributed by atoms with van der Waals surface area (Å²) in [6.07, 6.45) is 2.45. The first kappa shape index (κ1) is 21.8. The second kappa shape index (κ2) is 9.77. The Balaban J connectivity index is 1.68. The molecule has 0 spiro atoms. The van der Waals surface area contributed by atoms with Crippen molar-refractivity contribution in [3.05, 3.63) is 89.0 Å². The van der Waals surface area contributed by atoms with Crippen LogP contribution >= 0.6 is 0 Å². The van der Waals surface area contributed by atoms with Crippen LogP contribution in [-0.4, -0.2) is 38.7 Å². The van der Waals surface area contributed by atoms with E-state index < -0.39 is 0 Å². The Hall–Kier alpha value is -3.47. The zero-order valence-corrected chi connectivity index (χ0v) is 18.8. The van der Waals surface area contributed by atoms with E-state index in [1.54, 1.807) is 21.3 Å². The highest BCUT2D eigenvalue weighted by atomic mass is 16.5. The van der Waals surface area contributed by atoms with Gasteiger partial charge >= 0.3 is 0 Å². The molecule has 0 fully saturated rings. The van der Waals surface area contributed by atoms with E-state index in [-0.39, 0.29) is 11.9 Å². The smallest absolute Gasteiger partial charge is 0.254 e. The first-order valence-corrected chi connectivity index (χ1v) is 10.9. The molecule has 3 aromatic carbocycles. The van der Waals surface area contributed by atoms with Gasteiger partial charge in [-0.15, -0.1) is 0 Å². The van der Waals surface area contributed by atoms with Gasteiger partial charge in [0.1, 0.15) is 5.75 Å². The molecule has 0 aliphatic carbocycles. The minimum Gasteiger partial charge on any atom is -0.497 e. The Bertz CT molecular complexity index is 1060. The van der Waals surface area contributed by atoms with E-state index >= 15 is 0 Å². The number of aryl methyl sites for hydroxylation is 1. The van der Waals surface area contributed by atoms with Gasteiger partial charge in [-0.2, -0.15) is 0 Å². The van der Waals surface area contributed by atoms with Gasteiger partial charge in [0, 0.05) is 12.1 Å². The van der Waals surface area contributed by atoms with Crippen molar-refractivity contribution in [3.8, 4) is 17.2 Å². The zero-order chi connectivity index (χ0) is 22.5. The lowest BCUT2D eigenvalue weighted by molar-refractivity contribution is 0.0650. The van der Waals surface area contributed by atoms with Gasteiger partial charge < -0.3 is 19.1 Å². The summed E-state index contributed by atoms with van der Waals surface area (Å²) in [5.41, 5.74) is 4.27. The van der Waals surface area contributed by atoms with Crippen LogP contribution in [0.2, 0.25) is 0 Å². The lowest BCUT2D eigenvalue weighted by Crippen LogP contribution is -2.40. The van der Waals surface area contributed by atoms with Gasteiger partial charge in [-0.1, -0.05) is 30.3 Å². The number of carbonyl (C=O) groups is 1. The molecular formula is C27H29NO4. The number of hydrogen-bond acceptors (Lipinski definition) is 4. The van der Waals surface area contributed by atoms with Crippen LogP contribution in [-0.2, 0) is 12.8 Å². The Labute approximate surface area is 189 Å². The standard InChI is InChI=1S/C27H29NO4/c1-30-22-12-9-19(10-13-22)11-14-24-23-18-26(32-3)25(31-2)17-21(23)15-16-28(24)27(29)20-7-5-4-6-8-20/h4-10,12-13,17-18,24H,11,14-16H2,1-3H3. The topological polar surface area (TPSA) is 48.0 Å². The summed E-state index contributed by atoms with van der Waals surface area (Å²) in [4.78, 5) is 15.5. The van der Waals surface area contributed by atoms with Gasteiger partial charge in [-0.3, -0.25) is 4.79 Å². The molecule has 0 radical (unpaired) electrons. The molecule has 1 unspecified atom stereocenters. The van der Waals surface area contributed by atoms with Gasteiger partial charge in [0.2, 0.25) is 0 Å². The number of rotatable bonds is 7. The van der Waals surface area contributed by atoms with E-state index in [9.17, 15) is 4.79 Å². The Morgan fingerprint density at radius 3 is 2.25 bits per heavy atom. The van der Waals surface area contributed by atoms with Crippen molar-refractivity contribution >= 4 is 5.91 Å². The van der Waals surface area contributed by atoms with Crippen LogP contribution in [0, 0.1) is 0 Å². The van der Waals surface area contributed by atoms with Crippen LogP contribution in [0.3, 0.4) is 0 Å². The predicted octanol–water partition coefficient (Wildman–Crippen LogP) is 5.08. The second-order valence-corrected chi connectivity index (χ2v) is 7.92. The lowest BCUT2D eigenvalue weighted by Gasteiger charge is -2.38. The average Bonchev–Trinajstić information content (AvgIpc) is 2.86. The summed E-state index contributed by atoms with van der Waals surface area (Å²) in [5, 5.41) is 0. The molecule has 0 N–H and O–H groups in total. The molecule has 1 aliphatic heterocycles. The van der Waals surface area contributed by atoms with Gasteiger partial charge in [0.25, 0.3) is 5.91 Å². The number of fused-ring (bicyclic) bond motifs is 1. The molecule has 4 rings (SSSR count). The van der Waals surface area contributed by atoms with Crippen molar-refractivity contribution in [1.82, 2.24) is 4.90 Å². The maximum Gasteiger partial charge on any atom is 0.254 e. The number of hydrogen-bond donors (Lipinski definition) is 0. The summed E-state index contributed by atoms with van der Waals surface area (Å²) in [7, 11) is 4.97. The summed E-state index contributed by atoms with van der Waals surface area (Å²) in [6.45, 7) is 0.670. The molecule has 0 saturated carbocycles. The molecule has 5 nitrogen and oxygen atoms in total. The van der Waals surface area contributed by atoms with E-state index in [4.69, 9.17) is 14.2 Å². The quantitative estimate of drug-likeness (QED) is 0.523. The van der Waals surface area contributed by atoms with E-state index in [1.165, 1.54) is 11.1 Å². The molecule has 166 valence electrons. The molecule has 1 heterocycles. The number of ether oxygens (including phenoxy) is 3. The maximum absolute atomic E-state index is 13.4. The predicted molar refractivity (Wildman–Crippen MR) is 125 cm³/mol. The largest absolute Gasteiger partial charge is 0.497 e. The molecular weight excluding hydrogens is 402 g/mol. The number of carbonyl (C=O) groups excluding carboxylic acids is 1. The average molecular weight is 432 g/mol. The van der Waals surface area contributed by atoms with Crippen molar-refractivity contribution in [2.24, 2.45) is 0 Å². The van der Waals surface area contributed by atoms with Gasteiger partial charge in [-0.05, 0) is 72.4 Å². The third kappa shape index (κ3) is 4.42. The third-order valence-electron chi connectivity index (χ3n) is 6.15. The maximum atomic E-state index is 13.4. The fourth-order valence-electron chi connectivity index (χ4n) is 4.42. The number of benzene rings is 3. The number of nitrogens with zero attached hydrogens (tertiary/aromatic N) is 1. The lowest BCUT2D eigenvalue weighted by atomic mass is 9.88. The van der Waals surface area contributed by atoms with Gasteiger partial charge in [-0.25, -0.2) is 0 Å². The Kier molecular flexibility index (Phi) is 6.64. The summed E-state index contributed by atoms with van der Waals surface area (Å²) in [5.74, 6) is 2.32. The minimum absolute atomic E-state index is 0.0478. The molecule has 32 heavy (non-hydrogen) atoms. The van der Waals surface area contributed by atoms with Crippen LogP contribution in [0.4, 0.5) is 0 Å². The monoisotopic (exact) mass is 431 g/mol. The van der Waals surface area contributed by atoms with Crippen LogP contribution in [0.1, 0.15) is 39.5 Å². The summed E-state index contributed by atoms with van der Waals surface area (Å²) < 4.78 is 16.4. The number of methoxy groups -OCH3 is 3. The van der Waals surface area contributed by atoms with Crippen molar-refractivity contribution in [3.63, 3.8) is 0 Å². The molecule has 0 bridgehead atoms. The molecule has 1 atom stereocenters. The molecule has 0 saturated heterocycles. The SMILES string of the molecule is COc1ccc(CCC2c3cc(OC)c(OC)cc3CCN2C(=O)c2ccccc2)cc1. The van der Waals surface area contributed by atoms with Crippen LogP contribution in [0.15, 0.2) is 66.7 Å². The minimum atomic E-state index is -0.0478. The van der Waals surface area contributed by atoms with Crippen molar-refractivity contribution < 1.29 is 19.0 Å². The van der Waals surface area contributed by atoms with Gasteiger partial charge in [0.15, 0.2) is 11.5 Å². The van der Waals surface area contributed by atoms with Crippen molar-refractivity contribution in [2.45, 2.75) is 25.3 Å². The first-order chi connectivity index (χ1) is 15.6. The van der Waals surface area contributed by atoms with E-state index in [2.05, 4.69) is 18.2 Å². The van der Waals surface area contributed by atoms with Crippen LogP contribution < -0.4 is 14.2 Å². The van der Waals surface area contributed by atoms with E-state index in [0.717, 1.165) is 36.3 Å². The highest BCUT2D eigenvalue weighted by molar-refractivity contribution is 5.94. The van der Waals surface area contributed by atoms with E-state index in [1.807, 2.05) is 53.4 Å². The van der Waals surface area contributed by atoms with E-state index in [0.29, 0.717) is 17.9 Å². The molecule has 1 amide bonds. The van der Waals surface area contributed by atoms with Crippen molar-refractivity contribution in [2.75, 3.05) is 27.9 Å². The molecule has 5 heteroatoms. The highest BCUT2D eigenvalue weighted by Crippen LogP contribution is 2.40. The van der Waals surface area contributed by atoms with Crippen LogP contribution in [0.5, 0.6) is 17.2 Å². The molecule has 0 aromatic heterocycles. The highest BCUT2D eigenvalue weighted by Gasteiger charge is 2.32. The first-order valence-electron chi connectivity index (χ1n) is 10.9. The molecule has 3 aromatic rings. The normalized spacial score (nSPS) is 15.1. The van der Waals surface area contributed by atoms with Crippen LogP contribution in [0.25, 0.3) is 0 Å². The summed E-state index contributed by atoms with van der Waals surface area (Å²) >= 11 is 0. The Morgan fingerprint density at radius 1 is 0.906 bits per heavy atom. The third-order valence-corrected chi connectivity index (χ3v) is 6.15. The Morgan fingerprint density at radius 2 is 1.59 bits per heavy atom. The fraction of sp³-hybridized carbons (Fsp3) is 0.296.